The predicted molar refractivity (Wildman–Crippen MR) is 70.6 cm³/mol. The molecule has 0 aliphatic carbocycles. The first kappa shape index (κ1) is 13.8. The molecule has 1 unspecified atom stereocenters. The highest BCUT2D eigenvalue weighted by Gasteiger charge is 2.10. The topological polar surface area (TPSA) is 26.3 Å². The minimum atomic E-state index is 0.273. The molecule has 0 aromatic heterocycles. The Kier molecular flexibility index (Phi) is 5.75. The number of carbonyl (C=O) groups excluding carboxylic acids is 1. The summed E-state index contributed by atoms with van der Waals surface area (Å²) in [5.41, 5.74) is 1.30. The number of ketones is 1. The van der Waals surface area contributed by atoms with Crippen LogP contribution in [-0.2, 0) is 4.79 Å². The summed E-state index contributed by atoms with van der Waals surface area (Å²) in [4.78, 5) is 11.0. The van der Waals surface area contributed by atoms with Crippen molar-refractivity contribution in [3.05, 3.63) is 29.8 Å². The van der Waals surface area contributed by atoms with Crippen molar-refractivity contribution in [2.24, 2.45) is 0 Å². The second kappa shape index (κ2) is 7.10. The van der Waals surface area contributed by atoms with E-state index in [2.05, 4.69) is 19.1 Å². The molecular formula is C15H22O2. The molecule has 0 amide bonds. The van der Waals surface area contributed by atoms with E-state index < -0.39 is 0 Å². The van der Waals surface area contributed by atoms with Crippen molar-refractivity contribution in [3.63, 3.8) is 0 Å². The maximum absolute atomic E-state index is 11.0. The summed E-state index contributed by atoms with van der Waals surface area (Å²) < 4.78 is 5.42. The standard InChI is InChI=1S/C15H22O2/c1-4-13(7-6-12(3)16)14-8-10-15(11-9-14)17-5-2/h8-11,13H,4-7H2,1-3H3. The van der Waals surface area contributed by atoms with E-state index in [9.17, 15) is 4.79 Å². The fourth-order valence-electron chi connectivity index (χ4n) is 1.99. The van der Waals surface area contributed by atoms with Gasteiger partial charge in [0.1, 0.15) is 11.5 Å². The van der Waals surface area contributed by atoms with Crippen LogP contribution in [0, 0.1) is 0 Å². The van der Waals surface area contributed by atoms with Crippen molar-refractivity contribution in [2.45, 2.75) is 46.0 Å². The van der Waals surface area contributed by atoms with Gasteiger partial charge in [-0.15, -0.1) is 0 Å². The van der Waals surface area contributed by atoms with E-state index in [1.807, 2.05) is 19.1 Å². The molecular weight excluding hydrogens is 212 g/mol. The highest BCUT2D eigenvalue weighted by atomic mass is 16.5. The van der Waals surface area contributed by atoms with Crippen LogP contribution in [0.5, 0.6) is 5.75 Å². The Balaban J connectivity index is 2.64. The first-order valence-electron chi connectivity index (χ1n) is 6.39. The molecule has 0 saturated heterocycles. The Morgan fingerprint density at radius 1 is 1.24 bits per heavy atom. The molecule has 0 heterocycles. The van der Waals surface area contributed by atoms with Gasteiger partial charge in [0.15, 0.2) is 0 Å². The molecule has 1 aromatic carbocycles. The second-order valence-corrected chi connectivity index (χ2v) is 4.35. The summed E-state index contributed by atoms with van der Waals surface area (Å²) in [6.45, 7) is 6.50. The molecule has 1 atom stereocenters. The van der Waals surface area contributed by atoms with Crippen molar-refractivity contribution in [1.29, 1.82) is 0 Å². The highest BCUT2D eigenvalue weighted by molar-refractivity contribution is 5.75. The normalized spacial score (nSPS) is 12.2. The van der Waals surface area contributed by atoms with Gasteiger partial charge in [0.2, 0.25) is 0 Å². The first-order valence-corrected chi connectivity index (χ1v) is 6.39. The number of Topliss-reactive ketones (excluding diaryl/α,β-unsaturated/α-hetero) is 1. The molecule has 0 aliphatic rings. The lowest BCUT2D eigenvalue weighted by Crippen LogP contribution is -2.01. The lowest BCUT2D eigenvalue weighted by molar-refractivity contribution is -0.117. The summed E-state index contributed by atoms with van der Waals surface area (Å²) in [5, 5.41) is 0. The van der Waals surface area contributed by atoms with Gasteiger partial charge in [0.25, 0.3) is 0 Å². The molecule has 17 heavy (non-hydrogen) atoms. The van der Waals surface area contributed by atoms with Crippen molar-refractivity contribution in [3.8, 4) is 5.75 Å². The van der Waals surface area contributed by atoms with Crippen LogP contribution in [0.3, 0.4) is 0 Å². The Morgan fingerprint density at radius 2 is 1.88 bits per heavy atom. The van der Waals surface area contributed by atoms with Crippen LogP contribution in [0.1, 0.15) is 51.5 Å². The van der Waals surface area contributed by atoms with E-state index in [0.717, 1.165) is 18.6 Å². The van der Waals surface area contributed by atoms with Crippen LogP contribution in [0.25, 0.3) is 0 Å². The van der Waals surface area contributed by atoms with Crippen molar-refractivity contribution in [2.75, 3.05) is 6.61 Å². The van der Waals surface area contributed by atoms with Gasteiger partial charge in [0.05, 0.1) is 6.61 Å². The third kappa shape index (κ3) is 4.59. The monoisotopic (exact) mass is 234 g/mol. The zero-order valence-corrected chi connectivity index (χ0v) is 11.0. The zero-order chi connectivity index (χ0) is 12.7. The highest BCUT2D eigenvalue weighted by Crippen LogP contribution is 2.26. The molecule has 0 bridgehead atoms. The summed E-state index contributed by atoms with van der Waals surface area (Å²) in [5.74, 6) is 1.67. The van der Waals surface area contributed by atoms with Crippen molar-refractivity contribution < 1.29 is 9.53 Å². The van der Waals surface area contributed by atoms with Crippen LogP contribution in [0.4, 0.5) is 0 Å². The van der Waals surface area contributed by atoms with Gasteiger partial charge in [-0.3, -0.25) is 0 Å². The van der Waals surface area contributed by atoms with Gasteiger partial charge in [0, 0.05) is 6.42 Å². The lowest BCUT2D eigenvalue weighted by Gasteiger charge is -2.15. The maximum Gasteiger partial charge on any atom is 0.129 e. The van der Waals surface area contributed by atoms with E-state index in [-0.39, 0.29) is 5.78 Å². The number of carbonyl (C=O) groups is 1. The number of hydrogen-bond acceptors (Lipinski definition) is 2. The van der Waals surface area contributed by atoms with Gasteiger partial charge in [-0.2, -0.15) is 0 Å². The van der Waals surface area contributed by atoms with Crippen LogP contribution in [-0.4, -0.2) is 12.4 Å². The first-order chi connectivity index (χ1) is 8.17. The Hall–Kier alpha value is -1.31. The number of rotatable bonds is 7. The molecule has 0 aliphatic heterocycles. The molecule has 94 valence electrons. The smallest absolute Gasteiger partial charge is 0.129 e. The number of benzene rings is 1. The second-order valence-electron chi connectivity index (χ2n) is 4.35. The minimum Gasteiger partial charge on any atom is -0.494 e. The third-order valence-electron chi connectivity index (χ3n) is 3.00. The molecule has 2 nitrogen and oxygen atoms in total. The van der Waals surface area contributed by atoms with Gasteiger partial charge in [-0.05, 0) is 50.3 Å². The fraction of sp³-hybridized carbons (Fsp3) is 0.533. The molecule has 2 heteroatoms. The Bertz CT molecular complexity index is 340. The Morgan fingerprint density at radius 3 is 2.35 bits per heavy atom. The van der Waals surface area contributed by atoms with Crippen molar-refractivity contribution >= 4 is 5.78 Å². The van der Waals surface area contributed by atoms with Crippen LogP contribution in [0.15, 0.2) is 24.3 Å². The van der Waals surface area contributed by atoms with Gasteiger partial charge in [-0.25, -0.2) is 0 Å². The van der Waals surface area contributed by atoms with E-state index >= 15 is 0 Å². The quantitative estimate of drug-likeness (QED) is 0.714. The summed E-state index contributed by atoms with van der Waals surface area (Å²) in [6, 6.07) is 8.24. The molecule has 1 rings (SSSR count). The van der Waals surface area contributed by atoms with Crippen LogP contribution in [0.2, 0.25) is 0 Å². The van der Waals surface area contributed by atoms with Crippen molar-refractivity contribution in [1.82, 2.24) is 0 Å². The van der Waals surface area contributed by atoms with E-state index in [0.29, 0.717) is 18.9 Å². The Labute approximate surface area is 104 Å². The van der Waals surface area contributed by atoms with Gasteiger partial charge >= 0.3 is 0 Å². The zero-order valence-electron chi connectivity index (χ0n) is 11.0. The SMILES string of the molecule is CCOc1ccc(C(CC)CCC(C)=O)cc1. The average molecular weight is 234 g/mol. The summed E-state index contributed by atoms with van der Waals surface area (Å²) >= 11 is 0. The van der Waals surface area contributed by atoms with E-state index in [1.54, 1.807) is 6.92 Å². The van der Waals surface area contributed by atoms with Gasteiger partial charge < -0.3 is 9.53 Å². The lowest BCUT2D eigenvalue weighted by atomic mass is 9.91. The fourth-order valence-corrected chi connectivity index (χ4v) is 1.99. The summed E-state index contributed by atoms with van der Waals surface area (Å²) in [6.07, 6.45) is 2.69. The summed E-state index contributed by atoms with van der Waals surface area (Å²) in [7, 11) is 0. The molecule has 0 spiro atoms. The predicted octanol–water partition coefficient (Wildman–Crippen LogP) is 3.95. The van der Waals surface area contributed by atoms with Gasteiger partial charge in [-0.1, -0.05) is 19.1 Å². The molecule has 0 radical (unpaired) electrons. The third-order valence-corrected chi connectivity index (χ3v) is 3.00. The minimum absolute atomic E-state index is 0.273. The molecule has 1 aromatic rings. The molecule has 0 N–H and O–H groups in total. The van der Waals surface area contributed by atoms with Crippen LogP contribution < -0.4 is 4.74 Å². The largest absolute Gasteiger partial charge is 0.494 e. The number of hydrogen-bond donors (Lipinski definition) is 0. The molecule has 0 saturated carbocycles. The van der Waals surface area contributed by atoms with Crippen LogP contribution >= 0.6 is 0 Å². The average Bonchev–Trinajstić information content (AvgIpc) is 2.32. The van der Waals surface area contributed by atoms with E-state index in [4.69, 9.17) is 4.74 Å². The number of ether oxygens (including phenoxy) is 1. The molecule has 0 fully saturated rings. The maximum atomic E-state index is 11.0. The van der Waals surface area contributed by atoms with E-state index in [1.165, 1.54) is 5.56 Å².